The topological polar surface area (TPSA) is 0 Å². The maximum absolute atomic E-state index is 2.57. The number of hydrogen-bond donors (Lipinski definition) is 0. The van der Waals surface area contributed by atoms with Gasteiger partial charge in [-0.3, -0.25) is 0 Å². The molecule has 0 unspecified atom stereocenters. The summed E-state index contributed by atoms with van der Waals surface area (Å²) in [6, 6.07) is 37.0. The lowest BCUT2D eigenvalue weighted by molar-refractivity contribution is 0.487. The molecule has 0 nitrogen and oxygen atoms in total. The van der Waals surface area contributed by atoms with Gasteiger partial charge in [0.2, 0.25) is 0 Å². The summed E-state index contributed by atoms with van der Waals surface area (Å²) >= 11 is 0. The molecule has 0 spiro atoms. The van der Waals surface area contributed by atoms with E-state index in [0.717, 1.165) is 11.3 Å². The van der Waals surface area contributed by atoms with Crippen LogP contribution in [0.4, 0.5) is 0 Å². The molecule has 0 aliphatic heterocycles. The molecule has 4 aromatic rings. The Hall–Kier alpha value is -2.26. The van der Waals surface area contributed by atoms with Gasteiger partial charge in [0.1, 0.15) is 0 Å². The highest BCUT2D eigenvalue weighted by Gasteiger charge is 2.35. The van der Waals surface area contributed by atoms with Gasteiger partial charge in [0.25, 0.3) is 0 Å². The second kappa shape index (κ2) is 13.1. The number of rotatable bonds is 7. The number of aryl methyl sites for hydroxylation is 2. The van der Waals surface area contributed by atoms with Crippen LogP contribution in [-0.4, -0.2) is 11.3 Å². The van der Waals surface area contributed by atoms with Crippen LogP contribution in [-0.2, 0) is 0 Å². The van der Waals surface area contributed by atoms with Crippen molar-refractivity contribution in [3.8, 4) is 11.1 Å². The summed E-state index contributed by atoms with van der Waals surface area (Å²) in [4.78, 5) is 0. The molecule has 0 heterocycles. The molecule has 0 bridgehead atoms. The van der Waals surface area contributed by atoms with Gasteiger partial charge in [-0.15, -0.1) is 0 Å². The maximum atomic E-state index is 2.57. The summed E-state index contributed by atoms with van der Waals surface area (Å²) in [5, 5.41) is 6.12. The van der Waals surface area contributed by atoms with Crippen LogP contribution in [0.25, 0.3) is 11.1 Å². The first-order chi connectivity index (χ1) is 19.7. The van der Waals surface area contributed by atoms with Crippen molar-refractivity contribution in [3.63, 3.8) is 0 Å². The van der Waals surface area contributed by atoms with Crippen molar-refractivity contribution in [2.75, 3.05) is 0 Å². The Morgan fingerprint density at radius 1 is 0.450 bits per heavy atom. The van der Waals surface area contributed by atoms with Crippen LogP contribution in [0.2, 0.25) is 0 Å². The largest absolute Gasteiger partial charge is 0.0683 e. The molecule has 2 fully saturated rings. The molecule has 4 aromatic carbocycles. The van der Waals surface area contributed by atoms with E-state index >= 15 is 0 Å². The highest BCUT2D eigenvalue weighted by atomic mass is 31.1. The zero-order valence-corrected chi connectivity index (χ0v) is 26.1. The lowest BCUT2D eigenvalue weighted by Crippen LogP contribution is -2.29. The first-order valence-electron chi connectivity index (χ1n) is 15.6. The van der Waals surface area contributed by atoms with E-state index in [4.69, 9.17) is 0 Å². The molecule has 0 radical (unpaired) electrons. The zero-order chi connectivity index (χ0) is 27.3. The monoisotopic (exact) mass is 562 g/mol. The van der Waals surface area contributed by atoms with Crippen LogP contribution < -0.4 is 21.2 Å². The third-order valence-electron chi connectivity index (χ3n) is 9.24. The van der Waals surface area contributed by atoms with Crippen molar-refractivity contribution in [1.82, 2.24) is 0 Å². The van der Waals surface area contributed by atoms with E-state index in [-0.39, 0.29) is 7.92 Å². The number of benzene rings is 4. The van der Waals surface area contributed by atoms with E-state index in [1.165, 1.54) is 96.8 Å². The average molecular weight is 563 g/mol. The van der Waals surface area contributed by atoms with Crippen LogP contribution in [0.3, 0.4) is 0 Å². The Morgan fingerprint density at radius 3 is 1.35 bits per heavy atom. The molecule has 2 aliphatic rings. The van der Waals surface area contributed by atoms with Gasteiger partial charge in [-0.25, -0.2) is 0 Å². The fourth-order valence-corrected chi connectivity index (χ4v) is 13.9. The van der Waals surface area contributed by atoms with Gasteiger partial charge in [-0.05, 0) is 102 Å². The van der Waals surface area contributed by atoms with Crippen LogP contribution in [0.15, 0.2) is 97.1 Å². The van der Waals surface area contributed by atoms with Crippen molar-refractivity contribution in [1.29, 1.82) is 0 Å². The van der Waals surface area contributed by atoms with E-state index in [1.54, 1.807) is 10.9 Å². The van der Waals surface area contributed by atoms with Crippen molar-refractivity contribution in [2.24, 2.45) is 0 Å². The molecule has 0 aromatic heterocycles. The van der Waals surface area contributed by atoms with Gasteiger partial charge in [0, 0.05) is 0 Å². The highest BCUT2D eigenvalue weighted by Crippen LogP contribution is 2.56. The van der Waals surface area contributed by atoms with Crippen molar-refractivity contribution < 1.29 is 0 Å². The molecule has 0 atom stereocenters. The van der Waals surface area contributed by atoms with E-state index in [0.29, 0.717) is 0 Å². The molecule has 2 heteroatoms. The summed E-state index contributed by atoms with van der Waals surface area (Å²) in [7, 11) is -0.870. The van der Waals surface area contributed by atoms with Gasteiger partial charge in [0.05, 0.1) is 0 Å². The van der Waals surface area contributed by atoms with Crippen LogP contribution in [0, 0.1) is 13.8 Å². The van der Waals surface area contributed by atoms with E-state index in [2.05, 4.69) is 111 Å². The fourth-order valence-electron chi connectivity index (χ4n) is 7.35. The molecular formula is C38H44P2. The highest BCUT2D eigenvalue weighted by molar-refractivity contribution is 7.80. The van der Waals surface area contributed by atoms with Gasteiger partial charge >= 0.3 is 0 Å². The predicted molar refractivity (Wildman–Crippen MR) is 180 cm³/mol. The smallest absolute Gasteiger partial charge is 0.00619 e. The Bertz CT molecular complexity index is 1320. The summed E-state index contributed by atoms with van der Waals surface area (Å²) in [6.07, 6.45) is 14.4. The lowest BCUT2D eigenvalue weighted by atomic mass is 9.96. The third-order valence-corrected chi connectivity index (χ3v) is 15.3. The fraction of sp³-hybridized carbons (Fsp3) is 0.368. The quantitative estimate of drug-likeness (QED) is 0.197. The third kappa shape index (κ3) is 5.87. The molecular weight excluding hydrogens is 518 g/mol. The second-order valence-corrected chi connectivity index (χ2v) is 16.9. The van der Waals surface area contributed by atoms with Crippen molar-refractivity contribution >= 4 is 37.1 Å². The molecule has 0 amide bonds. The molecule has 40 heavy (non-hydrogen) atoms. The average Bonchev–Trinajstić information content (AvgIpc) is 3.01. The summed E-state index contributed by atoms with van der Waals surface area (Å²) in [6.45, 7) is 4.75. The minimum atomic E-state index is -0.672. The van der Waals surface area contributed by atoms with Crippen LogP contribution in [0.5, 0.6) is 0 Å². The Labute approximate surface area is 245 Å². The Kier molecular flexibility index (Phi) is 9.17. The van der Waals surface area contributed by atoms with Gasteiger partial charge in [0.15, 0.2) is 0 Å². The summed E-state index contributed by atoms with van der Waals surface area (Å²) < 4.78 is 0. The molecule has 0 saturated heterocycles. The normalized spacial score (nSPS) is 17.0. The SMILES string of the molecule is Cc1cccc(P(c2ccccc2)c2ccccc2)c1-c1c(C)cccc1P(C1CCCCC1)C1CCCCC1. The first kappa shape index (κ1) is 27.9. The van der Waals surface area contributed by atoms with Gasteiger partial charge in [-0.1, -0.05) is 144 Å². The van der Waals surface area contributed by atoms with Crippen LogP contribution >= 0.6 is 15.8 Å². The minimum absolute atomic E-state index is 0.198. The van der Waals surface area contributed by atoms with Gasteiger partial charge < -0.3 is 0 Å². The van der Waals surface area contributed by atoms with E-state index in [9.17, 15) is 0 Å². The van der Waals surface area contributed by atoms with Crippen molar-refractivity contribution in [3.05, 3.63) is 108 Å². The Morgan fingerprint density at radius 2 is 0.875 bits per heavy atom. The van der Waals surface area contributed by atoms with E-state index < -0.39 is 7.92 Å². The standard InChI is InChI=1S/C38H44P2/c1-29-17-15-27-35(39(31-19-7-3-8-20-31)32-21-9-4-10-22-32)37(29)38-30(2)18-16-28-36(38)40(33-23-11-5-12-24-33)34-25-13-6-14-26-34/h3-4,7-10,15-22,27-28,33-34H,5-6,11-14,23-26H2,1-2H3. The summed E-state index contributed by atoms with van der Waals surface area (Å²) in [5.41, 5.74) is 7.78. The lowest BCUT2D eigenvalue weighted by Gasteiger charge is -2.40. The van der Waals surface area contributed by atoms with Gasteiger partial charge in [-0.2, -0.15) is 0 Å². The summed E-state index contributed by atoms with van der Waals surface area (Å²) in [5.74, 6) is 0. The molecule has 206 valence electrons. The van der Waals surface area contributed by atoms with Crippen molar-refractivity contribution in [2.45, 2.75) is 89.4 Å². The Balaban J connectivity index is 1.57. The molecule has 6 rings (SSSR count). The minimum Gasteiger partial charge on any atom is -0.0683 e. The maximum Gasteiger partial charge on any atom is -0.00619 e. The second-order valence-electron chi connectivity index (χ2n) is 11.9. The molecule has 2 aliphatic carbocycles. The number of hydrogen-bond acceptors (Lipinski definition) is 0. The van der Waals surface area contributed by atoms with Crippen LogP contribution in [0.1, 0.15) is 75.3 Å². The first-order valence-corrected chi connectivity index (χ1v) is 18.4. The zero-order valence-electron chi connectivity index (χ0n) is 24.4. The molecule has 2 saturated carbocycles. The predicted octanol–water partition coefficient (Wildman–Crippen LogP) is 9.50. The van der Waals surface area contributed by atoms with E-state index in [1.807, 2.05) is 0 Å². The molecule has 0 N–H and O–H groups in total.